The van der Waals surface area contributed by atoms with Crippen molar-refractivity contribution in [2.75, 3.05) is 0 Å². The van der Waals surface area contributed by atoms with Gasteiger partial charge in [-0.2, -0.15) is 0 Å². The van der Waals surface area contributed by atoms with Crippen LogP contribution < -0.4 is 4.74 Å². The van der Waals surface area contributed by atoms with Crippen LogP contribution in [0, 0.1) is 30.3 Å². The summed E-state index contributed by atoms with van der Waals surface area (Å²) in [5.41, 5.74) is -0.292. The number of nitrogens with zero attached hydrogens (tertiary/aromatic N) is 3. The van der Waals surface area contributed by atoms with E-state index in [4.69, 9.17) is 4.74 Å². The zero-order valence-corrected chi connectivity index (χ0v) is 12.9. The topological polar surface area (TPSA) is 174 Å². The molecule has 0 saturated heterocycles. The molecule has 0 unspecified atom stereocenters. The predicted molar refractivity (Wildman–Crippen MR) is 77.1 cm³/mol. The van der Waals surface area contributed by atoms with E-state index in [0.717, 1.165) is 24.3 Å². The van der Waals surface area contributed by atoms with Crippen LogP contribution in [0.4, 0.5) is 5.69 Å². The average Bonchev–Trinajstić information content (AvgIpc) is 2.52. The number of hydrogen-bond acceptors (Lipinski definition) is 10. The lowest BCUT2D eigenvalue weighted by atomic mass is 10.1. The smallest absolute Gasteiger partial charge is 0.371 e. The largest absolute Gasteiger partial charge is 0.423 e. The van der Waals surface area contributed by atoms with Crippen LogP contribution in [0.2, 0.25) is 0 Å². The third-order valence-corrected chi connectivity index (χ3v) is 2.87. The van der Waals surface area contributed by atoms with E-state index in [-0.39, 0.29) is 17.9 Å². The highest BCUT2D eigenvalue weighted by molar-refractivity contribution is 5.80. The molecule has 0 radical (unpaired) electrons. The number of carbonyl (C=O) groups is 1. The number of benzene rings is 1. The Kier molecular flexibility index (Phi) is 6.54. The first-order valence-corrected chi connectivity index (χ1v) is 6.84. The van der Waals surface area contributed by atoms with Crippen LogP contribution in [0.1, 0.15) is 26.2 Å². The van der Waals surface area contributed by atoms with Gasteiger partial charge in [-0.05, 0) is 18.6 Å². The minimum Gasteiger partial charge on any atom is -0.423 e. The average molecular weight is 359 g/mol. The number of non-ortho nitro benzene ring substituents is 1. The van der Waals surface area contributed by atoms with Crippen LogP contribution in [0.15, 0.2) is 24.3 Å². The van der Waals surface area contributed by atoms with Crippen LogP contribution in [-0.4, -0.2) is 26.9 Å². The molecule has 0 aliphatic carbocycles. The maximum absolute atomic E-state index is 12.2. The molecule has 0 N–H and O–H groups in total. The van der Waals surface area contributed by atoms with Gasteiger partial charge in [-0.3, -0.25) is 19.8 Å². The summed E-state index contributed by atoms with van der Waals surface area (Å²) < 4.78 is 4.79. The molecule has 0 heterocycles. The summed E-state index contributed by atoms with van der Waals surface area (Å²) in [5, 5.41) is 29.0. The lowest BCUT2D eigenvalue weighted by molar-refractivity contribution is -0.865. The molecule has 1 rings (SSSR count). The molecule has 0 amide bonds. The summed E-state index contributed by atoms with van der Waals surface area (Å²) >= 11 is 0. The fourth-order valence-electron chi connectivity index (χ4n) is 1.76. The van der Waals surface area contributed by atoms with Crippen molar-refractivity contribution in [2.24, 2.45) is 0 Å². The standard InChI is InChI=1S/C12H13N3O10/c1-2-3-8-12(24-14(19)20,25-15(21)22)11(16)23-10-6-4-9(5-7-10)13(17)18/h4-7H,2-3,8H2,1H3. The van der Waals surface area contributed by atoms with Crippen LogP contribution in [-0.2, 0) is 14.5 Å². The highest BCUT2D eigenvalue weighted by Crippen LogP contribution is 2.26. The Balaban J connectivity index is 3.08. The molecule has 0 aliphatic heterocycles. The second kappa shape index (κ2) is 8.37. The molecule has 1 aromatic rings. The van der Waals surface area contributed by atoms with Crippen molar-refractivity contribution in [3.8, 4) is 5.75 Å². The fraction of sp³-hybridized carbons (Fsp3) is 0.417. The van der Waals surface area contributed by atoms with E-state index in [1.54, 1.807) is 6.92 Å². The quantitative estimate of drug-likeness (QED) is 0.197. The van der Waals surface area contributed by atoms with Gasteiger partial charge in [-0.15, -0.1) is 20.2 Å². The number of unbranched alkanes of at least 4 members (excludes halogenated alkanes) is 1. The Morgan fingerprint density at radius 1 is 1.04 bits per heavy atom. The van der Waals surface area contributed by atoms with Gasteiger partial charge >= 0.3 is 11.8 Å². The molecule has 0 atom stereocenters. The second-order valence-electron chi connectivity index (χ2n) is 4.63. The zero-order chi connectivity index (χ0) is 19.0. The molecular weight excluding hydrogens is 346 g/mol. The molecule has 0 saturated carbocycles. The van der Waals surface area contributed by atoms with Crippen LogP contribution in [0.3, 0.4) is 0 Å². The molecule has 0 aromatic heterocycles. The highest BCUT2D eigenvalue weighted by atomic mass is 17.1. The molecule has 0 bridgehead atoms. The lowest BCUT2D eigenvalue weighted by Gasteiger charge is -2.26. The Bertz CT molecular complexity index is 644. The van der Waals surface area contributed by atoms with Crippen molar-refractivity contribution < 1.29 is 34.3 Å². The van der Waals surface area contributed by atoms with E-state index in [2.05, 4.69) is 9.68 Å². The lowest BCUT2D eigenvalue weighted by Crippen LogP contribution is -2.49. The molecular formula is C12H13N3O10. The fourth-order valence-corrected chi connectivity index (χ4v) is 1.76. The van der Waals surface area contributed by atoms with Crippen LogP contribution in [0.25, 0.3) is 0 Å². The molecule has 13 nitrogen and oxygen atoms in total. The third-order valence-electron chi connectivity index (χ3n) is 2.87. The number of rotatable bonds is 10. The summed E-state index contributed by atoms with van der Waals surface area (Å²) in [7, 11) is 0. The summed E-state index contributed by atoms with van der Waals surface area (Å²) in [5.74, 6) is -4.68. The molecule has 0 aliphatic rings. The van der Waals surface area contributed by atoms with Crippen LogP contribution in [0.5, 0.6) is 5.75 Å². The van der Waals surface area contributed by atoms with Gasteiger partial charge in [0.1, 0.15) is 5.75 Å². The Labute approximate surface area is 139 Å². The van der Waals surface area contributed by atoms with Crippen molar-refractivity contribution in [1.29, 1.82) is 0 Å². The first kappa shape index (κ1) is 19.5. The number of nitro groups is 1. The van der Waals surface area contributed by atoms with Gasteiger partial charge in [0.2, 0.25) is 0 Å². The van der Waals surface area contributed by atoms with E-state index < -0.39 is 33.3 Å². The second-order valence-corrected chi connectivity index (χ2v) is 4.63. The van der Waals surface area contributed by atoms with Gasteiger partial charge in [0.25, 0.3) is 15.9 Å². The Morgan fingerprint density at radius 2 is 1.56 bits per heavy atom. The molecule has 13 heteroatoms. The van der Waals surface area contributed by atoms with Gasteiger partial charge in [0.05, 0.1) is 4.92 Å². The Morgan fingerprint density at radius 3 is 1.96 bits per heavy atom. The molecule has 0 fully saturated rings. The number of esters is 1. The monoisotopic (exact) mass is 359 g/mol. The minimum absolute atomic E-state index is 0.122. The summed E-state index contributed by atoms with van der Waals surface area (Å²) in [6, 6.07) is 4.11. The summed E-state index contributed by atoms with van der Waals surface area (Å²) in [4.78, 5) is 51.6. The first-order chi connectivity index (χ1) is 11.7. The normalized spacial score (nSPS) is 10.6. The van der Waals surface area contributed by atoms with Crippen molar-refractivity contribution in [3.05, 3.63) is 54.6 Å². The number of carbonyl (C=O) groups excluding carboxylic acids is 1. The van der Waals surface area contributed by atoms with E-state index in [9.17, 15) is 35.1 Å². The predicted octanol–water partition coefficient (Wildman–Crippen LogP) is 1.80. The summed E-state index contributed by atoms with van der Waals surface area (Å²) in [6.07, 6.45) is 0.0308. The first-order valence-electron chi connectivity index (χ1n) is 6.84. The van der Waals surface area contributed by atoms with Crippen LogP contribution >= 0.6 is 0 Å². The Hall–Kier alpha value is -3.51. The van der Waals surface area contributed by atoms with Crippen molar-refractivity contribution >= 4 is 11.7 Å². The van der Waals surface area contributed by atoms with Crippen molar-refractivity contribution in [1.82, 2.24) is 0 Å². The number of ether oxygens (including phenoxy) is 1. The van der Waals surface area contributed by atoms with Gasteiger partial charge in [-0.25, -0.2) is 4.79 Å². The molecule has 1 aromatic carbocycles. The van der Waals surface area contributed by atoms with Gasteiger partial charge in [0.15, 0.2) is 0 Å². The molecule has 25 heavy (non-hydrogen) atoms. The number of hydrogen-bond donors (Lipinski definition) is 0. The van der Waals surface area contributed by atoms with E-state index in [1.807, 2.05) is 0 Å². The highest BCUT2D eigenvalue weighted by Gasteiger charge is 2.49. The zero-order valence-electron chi connectivity index (χ0n) is 12.9. The van der Waals surface area contributed by atoms with Crippen molar-refractivity contribution in [2.45, 2.75) is 32.0 Å². The maximum Gasteiger partial charge on any atom is 0.371 e. The van der Waals surface area contributed by atoms with E-state index in [0.29, 0.717) is 6.42 Å². The summed E-state index contributed by atoms with van der Waals surface area (Å²) in [6.45, 7) is 1.67. The number of nitro benzene ring substituents is 1. The van der Waals surface area contributed by atoms with E-state index >= 15 is 0 Å². The molecule has 136 valence electrons. The van der Waals surface area contributed by atoms with Gasteiger partial charge < -0.3 is 4.74 Å². The maximum atomic E-state index is 12.2. The van der Waals surface area contributed by atoms with Crippen molar-refractivity contribution in [3.63, 3.8) is 0 Å². The third kappa shape index (κ3) is 5.56. The SMILES string of the molecule is CCCCC(O[N+](=O)[O-])(O[N+](=O)[O-])C(=O)Oc1ccc([N+](=O)[O-])cc1. The minimum atomic E-state index is -2.90. The molecule has 0 spiro atoms. The van der Waals surface area contributed by atoms with Gasteiger partial charge in [-0.1, -0.05) is 13.3 Å². The van der Waals surface area contributed by atoms with E-state index in [1.165, 1.54) is 0 Å². The van der Waals surface area contributed by atoms with Gasteiger partial charge in [0, 0.05) is 18.6 Å².